The fraction of sp³-hybridized carbons (Fsp3) is 0.412. The van der Waals surface area contributed by atoms with Crippen molar-refractivity contribution < 1.29 is 9.53 Å². The highest BCUT2D eigenvalue weighted by atomic mass is 16.6. The second-order valence-corrected chi connectivity index (χ2v) is 5.48. The molecule has 1 amide bonds. The Morgan fingerprint density at radius 3 is 2.67 bits per heavy atom. The van der Waals surface area contributed by atoms with Gasteiger partial charge in [-0.15, -0.1) is 0 Å². The van der Waals surface area contributed by atoms with Crippen LogP contribution >= 0.6 is 0 Å². The Kier molecular flexibility index (Phi) is 4.46. The number of fused-ring (bicyclic) bond motifs is 1. The molecule has 0 unspecified atom stereocenters. The number of pyridine rings is 1. The van der Waals surface area contributed by atoms with E-state index in [-0.39, 0.29) is 6.10 Å². The van der Waals surface area contributed by atoms with Gasteiger partial charge in [-0.3, -0.25) is 5.32 Å². The van der Waals surface area contributed by atoms with Crippen molar-refractivity contribution in [1.29, 1.82) is 0 Å². The molecule has 4 nitrogen and oxygen atoms in total. The number of rotatable bonds is 3. The van der Waals surface area contributed by atoms with E-state index >= 15 is 0 Å². The van der Waals surface area contributed by atoms with Crippen molar-refractivity contribution >= 4 is 22.7 Å². The summed E-state index contributed by atoms with van der Waals surface area (Å²) in [6.07, 6.45) is 2.08. The first-order chi connectivity index (χ1) is 9.93. The molecule has 21 heavy (non-hydrogen) atoms. The van der Waals surface area contributed by atoms with Gasteiger partial charge in [0.25, 0.3) is 0 Å². The molecule has 2 rings (SSSR count). The highest BCUT2D eigenvalue weighted by molar-refractivity contribution is 6.00. The van der Waals surface area contributed by atoms with Gasteiger partial charge in [-0.05, 0) is 68.3 Å². The molecule has 1 aromatic heterocycles. The summed E-state index contributed by atoms with van der Waals surface area (Å²) in [5.41, 5.74) is 3.82. The monoisotopic (exact) mass is 286 g/mol. The van der Waals surface area contributed by atoms with Crippen LogP contribution in [-0.2, 0) is 11.2 Å². The van der Waals surface area contributed by atoms with Crippen LogP contribution in [0.2, 0.25) is 0 Å². The van der Waals surface area contributed by atoms with E-state index in [1.165, 1.54) is 16.7 Å². The average Bonchev–Trinajstić information content (AvgIpc) is 2.39. The predicted octanol–water partition coefficient (Wildman–Crippen LogP) is 4.37. The van der Waals surface area contributed by atoms with Crippen molar-refractivity contribution in [1.82, 2.24) is 4.98 Å². The van der Waals surface area contributed by atoms with Gasteiger partial charge >= 0.3 is 6.09 Å². The number of hydrogen-bond donors (Lipinski definition) is 1. The van der Waals surface area contributed by atoms with Crippen molar-refractivity contribution in [2.24, 2.45) is 0 Å². The summed E-state index contributed by atoms with van der Waals surface area (Å²) in [6, 6.07) is 4.07. The zero-order chi connectivity index (χ0) is 15.6. The third kappa shape index (κ3) is 3.15. The number of nitrogens with one attached hydrogen (secondary N) is 1. The molecule has 0 saturated carbocycles. The maximum Gasteiger partial charge on any atom is 0.413 e. The Labute approximate surface area is 125 Å². The minimum Gasteiger partial charge on any atom is -0.447 e. The largest absolute Gasteiger partial charge is 0.447 e. The SMILES string of the molecule is CCc1c(C)cc2c(NC(=O)OC(C)C)nccc2c1C. The second-order valence-electron chi connectivity index (χ2n) is 5.48. The fourth-order valence-electron chi connectivity index (χ4n) is 2.69. The molecule has 0 fully saturated rings. The Bertz CT molecular complexity index is 678. The van der Waals surface area contributed by atoms with Gasteiger partial charge in [-0.1, -0.05) is 6.92 Å². The van der Waals surface area contributed by atoms with Crippen LogP contribution in [0, 0.1) is 13.8 Å². The first kappa shape index (κ1) is 15.3. The number of ether oxygens (including phenoxy) is 1. The first-order valence-electron chi connectivity index (χ1n) is 7.29. The summed E-state index contributed by atoms with van der Waals surface area (Å²) in [5.74, 6) is 0.548. The van der Waals surface area contributed by atoms with Gasteiger partial charge < -0.3 is 4.74 Å². The molecule has 0 bridgehead atoms. The maximum atomic E-state index is 11.8. The van der Waals surface area contributed by atoms with Crippen LogP contribution in [0.1, 0.15) is 37.5 Å². The molecule has 0 aliphatic carbocycles. The third-order valence-electron chi connectivity index (χ3n) is 3.60. The van der Waals surface area contributed by atoms with Gasteiger partial charge in [-0.25, -0.2) is 9.78 Å². The molecule has 1 N–H and O–H groups in total. The number of hydrogen-bond acceptors (Lipinski definition) is 3. The van der Waals surface area contributed by atoms with E-state index in [1.54, 1.807) is 6.20 Å². The Morgan fingerprint density at radius 1 is 1.33 bits per heavy atom. The number of carbonyl (C=O) groups excluding carboxylic acids is 1. The molecule has 0 saturated heterocycles. The molecule has 112 valence electrons. The lowest BCUT2D eigenvalue weighted by Crippen LogP contribution is -2.18. The maximum absolute atomic E-state index is 11.8. The summed E-state index contributed by atoms with van der Waals surface area (Å²) in [7, 11) is 0. The first-order valence-corrected chi connectivity index (χ1v) is 7.29. The smallest absolute Gasteiger partial charge is 0.413 e. The second kappa shape index (κ2) is 6.12. The number of carbonyl (C=O) groups is 1. The molecule has 0 atom stereocenters. The minimum absolute atomic E-state index is 0.157. The fourth-order valence-corrected chi connectivity index (χ4v) is 2.69. The van der Waals surface area contributed by atoms with Gasteiger partial charge in [-0.2, -0.15) is 0 Å². The molecule has 4 heteroatoms. The van der Waals surface area contributed by atoms with Crippen molar-refractivity contribution in [3.05, 3.63) is 35.0 Å². The van der Waals surface area contributed by atoms with E-state index in [2.05, 4.69) is 37.1 Å². The van der Waals surface area contributed by atoms with Crippen molar-refractivity contribution in [3.8, 4) is 0 Å². The summed E-state index contributed by atoms with van der Waals surface area (Å²) < 4.78 is 5.12. The molecule has 2 aromatic rings. The Balaban J connectivity index is 2.49. The minimum atomic E-state index is -0.472. The summed E-state index contributed by atoms with van der Waals surface area (Å²) in [6.45, 7) is 10.00. The Morgan fingerprint density at radius 2 is 2.05 bits per heavy atom. The van der Waals surface area contributed by atoms with Crippen molar-refractivity contribution in [3.63, 3.8) is 0 Å². The highest BCUT2D eigenvalue weighted by Crippen LogP contribution is 2.29. The van der Waals surface area contributed by atoms with Crippen LogP contribution in [0.15, 0.2) is 18.3 Å². The van der Waals surface area contributed by atoms with Crippen molar-refractivity contribution in [2.45, 2.75) is 47.1 Å². The van der Waals surface area contributed by atoms with E-state index in [0.29, 0.717) is 5.82 Å². The number of nitrogens with zero attached hydrogens (tertiary/aromatic N) is 1. The van der Waals surface area contributed by atoms with E-state index in [9.17, 15) is 4.79 Å². The Hall–Kier alpha value is -2.10. The molecule has 0 aliphatic heterocycles. The lowest BCUT2D eigenvalue weighted by molar-refractivity contribution is 0.130. The summed E-state index contributed by atoms with van der Waals surface area (Å²) >= 11 is 0. The molecular weight excluding hydrogens is 264 g/mol. The van der Waals surface area contributed by atoms with Gasteiger partial charge in [0.15, 0.2) is 0 Å². The van der Waals surface area contributed by atoms with Crippen LogP contribution in [0.3, 0.4) is 0 Å². The number of amides is 1. The van der Waals surface area contributed by atoms with Crippen LogP contribution in [0.25, 0.3) is 10.8 Å². The van der Waals surface area contributed by atoms with Crippen LogP contribution in [-0.4, -0.2) is 17.2 Å². The van der Waals surface area contributed by atoms with Gasteiger partial charge in [0.2, 0.25) is 0 Å². The summed E-state index contributed by atoms with van der Waals surface area (Å²) in [5, 5.41) is 4.80. The normalized spacial score (nSPS) is 11.0. The van der Waals surface area contributed by atoms with E-state index in [0.717, 1.165) is 17.2 Å². The molecule has 0 aliphatic rings. The topological polar surface area (TPSA) is 51.2 Å². The standard InChI is InChI=1S/C17H22N2O2/c1-6-13-11(4)9-15-14(12(13)5)7-8-18-16(15)19-17(20)21-10(2)3/h7-10H,6H2,1-5H3,(H,18,19,20). The van der Waals surface area contributed by atoms with Gasteiger partial charge in [0.1, 0.15) is 5.82 Å². The molecule has 0 radical (unpaired) electrons. The quantitative estimate of drug-likeness (QED) is 0.911. The zero-order valence-corrected chi connectivity index (χ0v) is 13.3. The number of aryl methyl sites for hydroxylation is 2. The van der Waals surface area contributed by atoms with Crippen LogP contribution in [0.4, 0.5) is 10.6 Å². The molecule has 0 spiro atoms. The zero-order valence-electron chi connectivity index (χ0n) is 13.3. The molecule has 1 aromatic carbocycles. The number of aromatic nitrogens is 1. The van der Waals surface area contributed by atoms with E-state index in [1.807, 2.05) is 19.9 Å². The highest BCUT2D eigenvalue weighted by Gasteiger charge is 2.13. The summed E-state index contributed by atoms with van der Waals surface area (Å²) in [4.78, 5) is 16.1. The molecular formula is C17H22N2O2. The predicted molar refractivity (Wildman–Crippen MR) is 85.8 cm³/mol. The average molecular weight is 286 g/mol. The molecule has 1 heterocycles. The van der Waals surface area contributed by atoms with Gasteiger partial charge in [0, 0.05) is 11.6 Å². The van der Waals surface area contributed by atoms with Crippen LogP contribution in [0.5, 0.6) is 0 Å². The third-order valence-corrected chi connectivity index (χ3v) is 3.60. The van der Waals surface area contributed by atoms with Crippen molar-refractivity contribution in [2.75, 3.05) is 5.32 Å². The van der Waals surface area contributed by atoms with Crippen LogP contribution < -0.4 is 5.32 Å². The lowest BCUT2D eigenvalue weighted by Gasteiger charge is -2.15. The number of benzene rings is 1. The lowest BCUT2D eigenvalue weighted by atomic mass is 9.95. The van der Waals surface area contributed by atoms with E-state index < -0.39 is 6.09 Å². The van der Waals surface area contributed by atoms with Gasteiger partial charge in [0.05, 0.1) is 6.10 Å². The number of anilines is 1. The van der Waals surface area contributed by atoms with E-state index in [4.69, 9.17) is 4.74 Å².